The Bertz CT molecular complexity index is 3260. The van der Waals surface area contributed by atoms with E-state index in [-0.39, 0.29) is 0 Å². The number of rotatable bonds is 5. The van der Waals surface area contributed by atoms with Gasteiger partial charge in [-0.2, -0.15) is 0 Å². The van der Waals surface area contributed by atoms with Crippen molar-refractivity contribution in [2.45, 2.75) is 0 Å². The summed E-state index contributed by atoms with van der Waals surface area (Å²) in [7, 11) is 0. The largest absolute Gasteiger partial charge is 0.456 e. The van der Waals surface area contributed by atoms with Crippen molar-refractivity contribution >= 4 is 54.3 Å². The van der Waals surface area contributed by atoms with Crippen LogP contribution in [-0.4, -0.2) is 15.0 Å². The van der Waals surface area contributed by atoms with Crippen molar-refractivity contribution < 1.29 is 4.42 Å². The Hall–Kier alpha value is -7.43. The molecule has 55 heavy (non-hydrogen) atoms. The molecule has 9 aromatic carbocycles. The highest BCUT2D eigenvalue weighted by atomic mass is 16.3. The van der Waals surface area contributed by atoms with Gasteiger partial charge in [0.1, 0.15) is 11.2 Å². The van der Waals surface area contributed by atoms with E-state index in [4.69, 9.17) is 19.4 Å². The zero-order valence-electron chi connectivity index (χ0n) is 29.6. The Morgan fingerprint density at radius 3 is 1.71 bits per heavy atom. The van der Waals surface area contributed by atoms with Gasteiger partial charge in [-0.25, -0.2) is 15.0 Å². The average Bonchev–Trinajstić information content (AvgIpc) is 3.65. The molecule has 0 bridgehead atoms. The van der Waals surface area contributed by atoms with E-state index in [1.54, 1.807) is 0 Å². The van der Waals surface area contributed by atoms with Crippen molar-refractivity contribution in [3.8, 4) is 56.4 Å². The summed E-state index contributed by atoms with van der Waals surface area (Å²) in [5.41, 5.74) is 8.74. The minimum atomic E-state index is 0.588. The lowest BCUT2D eigenvalue weighted by molar-refractivity contribution is 0.669. The van der Waals surface area contributed by atoms with E-state index >= 15 is 0 Å². The number of para-hydroxylation sites is 1. The molecule has 0 radical (unpaired) electrons. The van der Waals surface area contributed by atoms with Gasteiger partial charge in [-0.1, -0.05) is 158 Å². The van der Waals surface area contributed by atoms with Crippen molar-refractivity contribution in [2.75, 3.05) is 0 Å². The van der Waals surface area contributed by atoms with Crippen LogP contribution in [0.2, 0.25) is 0 Å². The third kappa shape index (κ3) is 5.34. The summed E-state index contributed by atoms with van der Waals surface area (Å²) >= 11 is 0. The van der Waals surface area contributed by atoms with Crippen molar-refractivity contribution in [2.24, 2.45) is 0 Å². The first-order valence-corrected chi connectivity index (χ1v) is 18.5. The van der Waals surface area contributed by atoms with Crippen LogP contribution < -0.4 is 0 Å². The van der Waals surface area contributed by atoms with Crippen LogP contribution in [-0.2, 0) is 0 Å². The average molecular weight is 702 g/mol. The quantitative estimate of drug-likeness (QED) is 0.168. The SMILES string of the molecule is c1ccc(-c2ccc(-c3nc(-c4ccc5ccccc5c4)nc(-c4c(-c5ccc6ccc7ccccc7c6c5)ccc5oc6ccccc6c45)n3)cc2)cc1. The summed E-state index contributed by atoms with van der Waals surface area (Å²) in [6.45, 7) is 0. The van der Waals surface area contributed by atoms with Gasteiger partial charge in [-0.15, -0.1) is 0 Å². The molecule has 0 unspecified atom stereocenters. The number of hydrogen-bond donors (Lipinski definition) is 0. The maximum absolute atomic E-state index is 6.50. The molecule has 4 nitrogen and oxygen atoms in total. The monoisotopic (exact) mass is 701 g/mol. The molecule has 0 saturated carbocycles. The van der Waals surface area contributed by atoms with Crippen molar-refractivity contribution in [1.29, 1.82) is 0 Å². The first-order valence-electron chi connectivity index (χ1n) is 18.5. The van der Waals surface area contributed by atoms with Crippen LogP contribution in [0.25, 0.3) is 111 Å². The van der Waals surface area contributed by atoms with Crippen LogP contribution in [0.4, 0.5) is 0 Å². The molecule has 0 fully saturated rings. The van der Waals surface area contributed by atoms with Crippen LogP contribution in [0.3, 0.4) is 0 Å². The molecule has 4 heteroatoms. The minimum Gasteiger partial charge on any atom is -0.456 e. The number of hydrogen-bond acceptors (Lipinski definition) is 4. The van der Waals surface area contributed by atoms with Crippen molar-refractivity contribution in [3.63, 3.8) is 0 Å². The molecule has 2 aromatic heterocycles. The van der Waals surface area contributed by atoms with Gasteiger partial charge in [0.25, 0.3) is 0 Å². The molecule has 11 rings (SSSR count). The second-order valence-electron chi connectivity index (χ2n) is 14.0. The highest BCUT2D eigenvalue weighted by Gasteiger charge is 2.22. The zero-order chi connectivity index (χ0) is 36.3. The molecule has 0 saturated heterocycles. The van der Waals surface area contributed by atoms with E-state index in [1.807, 2.05) is 18.2 Å². The van der Waals surface area contributed by atoms with Gasteiger partial charge in [0.05, 0.1) is 0 Å². The Morgan fingerprint density at radius 2 is 0.873 bits per heavy atom. The van der Waals surface area contributed by atoms with Crippen LogP contribution >= 0.6 is 0 Å². The summed E-state index contributed by atoms with van der Waals surface area (Å²) in [5.74, 6) is 1.80. The van der Waals surface area contributed by atoms with Gasteiger partial charge in [-0.3, -0.25) is 0 Å². The second kappa shape index (κ2) is 12.6. The Kier molecular flexibility index (Phi) is 7.14. The summed E-state index contributed by atoms with van der Waals surface area (Å²) in [5, 5.41) is 9.11. The van der Waals surface area contributed by atoms with Crippen LogP contribution in [0.1, 0.15) is 0 Å². The maximum Gasteiger partial charge on any atom is 0.165 e. The number of furan rings is 1. The van der Waals surface area contributed by atoms with E-state index in [9.17, 15) is 0 Å². The first kappa shape index (κ1) is 31.1. The van der Waals surface area contributed by atoms with E-state index in [1.165, 1.54) is 21.5 Å². The van der Waals surface area contributed by atoms with Gasteiger partial charge in [-0.05, 0) is 84.9 Å². The van der Waals surface area contributed by atoms with E-state index < -0.39 is 0 Å². The van der Waals surface area contributed by atoms with E-state index in [0.717, 1.165) is 71.7 Å². The fraction of sp³-hybridized carbons (Fsp3) is 0. The minimum absolute atomic E-state index is 0.588. The Morgan fingerprint density at radius 1 is 0.309 bits per heavy atom. The summed E-state index contributed by atoms with van der Waals surface area (Å²) in [4.78, 5) is 15.8. The van der Waals surface area contributed by atoms with Crippen molar-refractivity contribution in [3.05, 3.63) is 188 Å². The Balaban J connectivity index is 1.19. The summed E-state index contributed by atoms with van der Waals surface area (Å²) in [6, 6.07) is 65.8. The lowest BCUT2D eigenvalue weighted by atomic mass is 9.92. The summed E-state index contributed by atoms with van der Waals surface area (Å²) < 4.78 is 6.50. The number of fused-ring (bicyclic) bond motifs is 7. The van der Waals surface area contributed by atoms with E-state index in [0.29, 0.717) is 17.5 Å². The predicted molar refractivity (Wildman–Crippen MR) is 227 cm³/mol. The van der Waals surface area contributed by atoms with E-state index in [2.05, 4.69) is 170 Å². The van der Waals surface area contributed by atoms with Crippen molar-refractivity contribution in [1.82, 2.24) is 15.0 Å². The fourth-order valence-electron chi connectivity index (χ4n) is 7.98. The molecule has 0 aliphatic heterocycles. The highest BCUT2D eigenvalue weighted by molar-refractivity contribution is 6.16. The second-order valence-corrected chi connectivity index (χ2v) is 14.0. The third-order valence-electron chi connectivity index (χ3n) is 10.7. The van der Waals surface area contributed by atoms with Gasteiger partial charge in [0.15, 0.2) is 17.5 Å². The standard InChI is InChI=1S/C51H31N3O/c1-2-10-32(11-3-1)34-18-24-37(25-19-34)49-52-50(40-27-20-33-12-4-5-14-38(33)30-40)54-51(53-49)48-42(28-29-46-47(48)43-16-8-9-17-45(43)55-46)39-26-23-36-22-21-35-13-6-7-15-41(35)44(36)31-39/h1-31H. The molecule has 0 N–H and O–H groups in total. The molecule has 2 heterocycles. The topological polar surface area (TPSA) is 51.8 Å². The predicted octanol–water partition coefficient (Wildman–Crippen LogP) is 13.6. The molecular weight excluding hydrogens is 671 g/mol. The smallest absolute Gasteiger partial charge is 0.165 e. The molecule has 256 valence electrons. The first-order chi connectivity index (χ1) is 27.2. The summed E-state index contributed by atoms with van der Waals surface area (Å²) in [6.07, 6.45) is 0. The van der Waals surface area contributed by atoms with Crippen LogP contribution in [0.15, 0.2) is 192 Å². The fourth-order valence-corrected chi connectivity index (χ4v) is 7.98. The molecular formula is C51H31N3O. The zero-order valence-corrected chi connectivity index (χ0v) is 29.6. The Labute approximate surface area is 317 Å². The molecule has 0 spiro atoms. The van der Waals surface area contributed by atoms with Gasteiger partial charge in [0.2, 0.25) is 0 Å². The lowest BCUT2D eigenvalue weighted by Crippen LogP contribution is -2.01. The normalized spacial score (nSPS) is 11.6. The number of benzene rings is 9. The van der Waals surface area contributed by atoms with Crippen LogP contribution in [0.5, 0.6) is 0 Å². The third-order valence-corrected chi connectivity index (χ3v) is 10.7. The number of nitrogens with zero attached hydrogens (tertiary/aromatic N) is 3. The van der Waals surface area contributed by atoms with Gasteiger partial charge in [0, 0.05) is 27.5 Å². The molecule has 0 aliphatic rings. The molecule has 11 aromatic rings. The van der Waals surface area contributed by atoms with Gasteiger partial charge < -0.3 is 4.42 Å². The maximum atomic E-state index is 6.50. The number of aromatic nitrogens is 3. The molecule has 0 amide bonds. The highest BCUT2D eigenvalue weighted by Crippen LogP contribution is 2.43. The molecule has 0 aliphatic carbocycles. The van der Waals surface area contributed by atoms with Gasteiger partial charge >= 0.3 is 0 Å². The lowest BCUT2D eigenvalue weighted by Gasteiger charge is -2.15. The molecule has 0 atom stereocenters. The van der Waals surface area contributed by atoms with Crippen LogP contribution in [0, 0.1) is 0 Å².